The number of halogens is 1. The molecule has 0 spiro atoms. The topological polar surface area (TPSA) is 81.6 Å². The first-order valence-corrected chi connectivity index (χ1v) is 10.7. The molecule has 3 aromatic rings. The molecule has 2 aromatic carbocycles. The minimum atomic E-state index is 0. The lowest BCUT2D eigenvalue weighted by molar-refractivity contribution is 0.0827. The first kappa shape index (κ1) is 24.9. The first-order chi connectivity index (χ1) is 14.6. The molecule has 1 aromatic heterocycles. The van der Waals surface area contributed by atoms with Crippen LogP contribution in [0.2, 0.25) is 0 Å². The van der Waals surface area contributed by atoms with E-state index in [-0.39, 0.29) is 29.9 Å². The number of aromatic nitrogens is 1. The summed E-state index contributed by atoms with van der Waals surface area (Å²) in [5.41, 5.74) is 2.84. The first-order valence-electron chi connectivity index (χ1n) is 9.91. The molecule has 0 bridgehead atoms. The van der Waals surface area contributed by atoms with Crippen molar-refractivity contribution in [2.24, 2.45) is 4.99 Å². The summed E-state index contributed by atoms with van der Waals surface area (Å²) in [4.78, 5) is 22.5. The molecule has 0 aliphatic heterocycles. The Balaban J connectivity index is 0.00000341. The molecule has 0 saturated carbocycles. The Labute approximate surface area is 204 Å². The Morgan fingerprint density at radius 1 is 1.06 bits per heavy atom. The molecular formula is C22H29IN6OS. The number of carbonyl (C=O) groups is 1. The molecule has 0 aliphatic rings. The maximum Gasteiger partial charge on any atom is 0.253 e. The van der Waals surface area contributed by atoms with Gasteiger partial charge in [0.2, 0.25) is 0 Å². The van der Waals surface area contributed by atoms with Gasteiger partial charge in [0.1, 0.15) is 0 Å². The van der Waals surface area contributed by atoms with Crippen LogP contribution in [0, 0.1) is 0 Å². The van der Waals surface area contributed by atoms with Crippen LogP contribution in [0.3, 0.4) is 0 Å². The van der Waals surface area contributed by atoms with E-state index in [1.807, 2.05) is 42.5 Å². The van der Waals surface area contributed by atoms with Gasteiger partial charge in [0.25, 0.3) is 5.91 Å². The summed E-state index contributed by atoms with van der Waals surface area (Å²) in [5.74, 6) is 0.768. The summed E-state index contributed by atoms with van der Waals surface area (Å²) in [6, 6.07) is 15.9. The van der Waals surface area contributed by atoms with Crippen LogP contribution < -0.4 is 16.0 Å². The molecular weight excluding hydrogens is 523 g/mol. The second-order valence-corrected chi connectivity index (χ2v) is 8.02. The van der Waals surface area contributed by atoms with Crippen LogP contribution in [0.1, 0.15) is 15.9 Å². The summed E-state index contributed by atoms with van der Waals surface area (Å²) in [7, 11) is 5.28. The molecule has 3 N–H and O–H groups in total. The van der Waals surface area contributed by atoms with Gasteiger partial charge in [-0.15, -0.1) is 24.0 Å². The van der Waals surface area contributed by atoms with Gasteiger partial charge in [-0.3, -0.25) is 9.79 Å². The number of hydrogen-bond donors (Lipinski definition) is 3. The monoisotopic (exact) mass is 552 g/mol. The zero-order valence-electron chi connectivity index (χ0n) is 18.0. The molecule has 166 valence electrons. The number of guanidine groups is 1. The molecule has 0 atom stereocenters. The average molecular weight is 552 g/mol. The summed E-state index contributed by atoms with van der Waals surface area (Å²) in [6.07, 6.45) is 0.805. The van der Waals surface area contributed by atoms with E-state index in [1.54, 1.807) is 37.4 Å². The second-order valence-electron chi connectivity index (χ2n) is 6.99. The minimum Gasteiger partial charge on any atom is -0.360 e. The predicted molar refractivity (Wildman–Crippen MR) is 141 cm³/mol. The van der Waals surface area contributed by atoms with Crippen LogP contribution in [0.5, 0.6) is 0 Å². The van der Waals surface area contributed by atoms with Crippen LogP contribution in [0.15, 0.2) is 53.5 Å². The molecule has 1 amide bonds. The number of aliphatic imine (C=N–C) groups is 1. The van der Waals surface area contributed by atoms with Gasteiger partial charge in [0.15, 0.2) is 11.1 Å². The zero-order chi connectivity index (χ0) is 21.3. The Hall–Kier alpha value is -2.40. The lowest BCUT2D eigenvalue weighted by Gasteiger charge is -2.13. The summed E-state index contributed by atoms with van der Waals surface area (Å²) >= 11 is 1.66. The van der Waals surface area contributed by atoms with Crippen molar-refractivity contribution in [3.63, 3.8) is 0 Å². The highest BCUT2D eigenvalue weighted by Crippen LogP contribution is 2.24. The number of anilines is 1. The second kappa shape index (κ2) is 12.5. The van der Waals surface area contributed by atoms with Crippen molar-refractivity contribution in [3.05, 3.63) is 59.7 Å². The standard InChI is InChI=1S/C22H28N6OS.HI/c1-23-21(24-12-11-16-7-6-8-17(15-16)20(29)28(2)3)25-13-14-26-22-27-18-9-4-5-10-19(18)30-22;/h4-10,15H,11-14H2,1-3H3,(H,26,27)(H2,23,24,25);1H. The van der Waals surface area contributed by atoms with Crippen molar-refractivity contribution in [1.82, 2.24) is 20.5 Å². The maximum atomic E-state index is 12.1. The van der Waals surface area contributed by atoms with Crippen LogP contribution >= 0.6 is 35.3 Å². The van der Waals surface area contributed by atoms with Gasteiger partial charge in [-0.2, -0.15) is 0 Å². The number of carbonyl (C=O) groups excluding carboxylic acids is 1. The number of para-hydroxylation sites is 1. The van der Waals surface area contributed by atoms with Crippen molar-refractivity contribution in [2.75, 3.05) is 46.1 Å². The average Bonchev–Trinajstić information content (AvgIpc) is 3.18. The van der Waals surface area contributed by atoms with Crippen molar-refractivity contribution in [3.8, 4) is 0 Å². The van der Waals surface area contributed by atoms with Gasteiger partial charge < -0.3 is 20.9 Å². The number of nitrogens with zero attached hydrogens (tertiary/aromatic N) is 3. The van der Waals surface area contributed by atoms with E-state index in [2.05, 4.69) is 32.0 Å². The van der Waals surface area contributed by atoms with E-state index in [9.17, 15) is 4.79 Å². The number of amides is 1. The number of benzene rings is 2. The number of thiazole rings is 1. The highest BCUT2D eigenvalue weighted by atomic mass is 127. The SMILES string of the molecule is CN=C(NCCNc1nc2ccccc2s1)NCCc1cccc(C(=O)N(C)C)c1.I. The lowest BCUT2D eigenvalue weighted by Crippen LogP contribution is -2.40. The van der Waals surface area contributed by atoms with Crippen molar-refractivity contribution in [1.29, 1.82) is 0 Å². The van der Waals surface area contributed by atoms with Crippen LogP contribution in [0.4, 0.5) is 5.13 Å². The summed E-state index contributed by atoms with van der Waals surface area (Å²) in [6.45, 7) is 2.20. The largest absolute Gasteiger partial charge is 0.360 e. The number of fused-ring (bicyclic) bond motifs is 1. The van der Waals surface area contributed by atoms with E-state index >= 15 is 0 Å². The summed E-state index contributed by atoms with van der Waals surface area (Å²) < 4.78 is 1.18. The molecule has 3 rings (SSSR count). The predicted octanol–water partition coefficient (Wildman–Crippen LogP) is 3.44. The lowest BCUT2D eigenvalue weighted by atomic mass is 10.1. The fourth-order valence-corrected chi connectivity index (χ4v) is 3.85. The molecule has 0 aliphatic carbocycles. The zero-order valence-corrected chi connectivity index (χ0v) is 21.2. The third-order valence-electron chi connectivity index (χ3n) is 4.50. The highest BCUT2D eigenvalue weighted by Gasteiger charge is 2.08. The van der Waals surface area contributed by atoms with Crippen molar-refractivity contribution in [2.45, 2.75) is 6.42 Å². The molecule has 0 unspecified atom stereocenters. The quantitative estimate of drug-likeness (QED) is 0.173. The molecule has 31 heavy (non-hydrogen) atoms. The smallest absolute Gasteiger partial charge is 0.253 e. The Bertz CT molecular complexity index is 987. The van der Waals surface area contributed by atoms with Gasteiger partial charge in [0, 0.05) is 46.3 Å². The van der Waals surface area contributed by atoms with Crippen LogP contribution in [0.25, 0.3) is 10.2 Å². The molecule has 9 heteroatoms. The number of hydrogen-bond acceptors (Lipinski definition) is 5. The van der Waals surface area contributed by atoms with Crippen LogP contribution in [-0.2, 0) is 6.42 Å². The Kier molecular flexibility index (Phi) is 9.99. The third kappa shape index (κ3) is 7.35. The van der Waals surface area contributed by atoms with Crippen molar-refractivity contribution >= 4 is 62.5 Å². The molecule has 7 nitrogen and oxygen atoms in total. The van der Waals surface area contributed by atoms with E-state index in [1.165, 1.54) is 4.70 Å². The van der Waals surface area contributed by atoms with E-state index < -0.39 is 0 Å². The van der Waals surface area contributed by atoms with E-state index in [0.29, 0.717) is 5.56 Å². The molecule has 0 fully saturated rings. The van der Waals surface area contributed by atoms with Crippen LogP contribution in [-0.4, -0.2) is 62.5 Å². The fourth-order valence-electron chi connectivity index (χ4n) is 2.96. The molecule has 0 radical (unpaired) electrons. The van der Waals surface area contributed by atoms with Gasteiger partial charge in [0.05, 0.1) is 10.2 Å². The van der Waals surface area contributed by atoms with Crippen molar-refractivity contribution < 1.29 is 4.79 Å². The van der Waals surface area contributed by atoms with Gasteiger partial charge in [-0.1, -0.05) is 35.6 Å². The number of nitrogens with one attached hydrogen (secondary N) is 3. The Morgan fingerprint density at radius 2 is 1.84 bits per heavy atom. The minimum absolute atomic E-state index is 0. The third-order valence-corrected chi connectivity index (χ3v) is 5.49. The van der Waals surface area contributed by atoms with Gasteiger partial charge in [-0.25, -0.2) is 4.98 Å². The molecule has 0 saturated heterocycles. The van der Waals surface area contributed by atoms with Gasteiger partial charge >= 0.3 is 0 Å². The summed E-state index contributed by atoms with van der Waals surface area (Å²) in [5, 5.41) is 10.9. The fraction of sp³-hybridized carbons (Fsp3) is 0.318. The molecule has 1 heterocycles. The van der Waals surface area contributed by atoms with E-state index in [0.717, 1.165) is 48.2 Å². The Morgan fingerprint density at radius 3 is 2.58 bits per heavy atom. The van der Waals surface area contributed by atoms with E-state index in [4.69, 9.17) is 0 Å². The van der Waals surface area contributed by atoms with Gasteiger partial charge in [-0.05, 0) is 36.2 Å². The maximum absolute atomic E-state index is 12.1. The number of rotatable bonds is 8. The normalized spacial score (nSPS) is 11.0. The highest BCUT2D eigenvalue weighted by molar-refractivity contribution is 14.0.